The van der Waals surface area contributed by atoms with Gasteiger partial charge >= 0.3 is 5.97 Å². The highest BCUT2D eigenvalue weighted by molar-refractivity contribution is 7.99. The number of rotatable bonds is 6. The molecule has 0 radical (unpaired) electrons. The summed E-state index contributed by atoms with van der Waals surface area (Å²) in [5, 5.41) is 4.29. The van der Waals surface area contributed by atoms with Crippen LogP contribution in [0.1, 0.15) is 34.1 Å². The van der Waals surface area contributed by atoms with Crippen molar-refractivity contribution in [2.75, 3.05) is 17.7 Å². The van der Waals surface area contributed by atoms with E-state index >= 15 is 0 Å². The van der Waals surface area contributed by atoms with E-state index in [0.717, 1.165) is 29.9 Å². The van der Waals surface area contributed by atoms with Gasteiger partial charge in [-0.3, -0.25) is 4.79 Å². The number of pyridine rings is 1. The zero-order valence-electron chi connectivity index (χ0n) is 13.3. The number of nitrogens with zero attached hydrogens (tertiary/aromatic N) is 1. The fraction of sp³-hybridized carbons (Fsp3) is 0.353. The van der Waals surface area contributed by atoms with Gasteiger partial charge in [0.25, 0.3) is 0 Å². The molecule has 2 aromatic rings. The molecule has 0 spiro atoms. The second-order valence-electron chi connectivity index (χ2n) is 5.29. The van der Waals surface area contributed by atoms with Gasteiger partial charge in [0.1, 0.15) is 5.00 Å². The van der Waals surface area contributed by atoms with Crippen LogP contribution in [0, 0.1) is 0 Å². The summed E-state index contributed by atoms with van der Waals surface area (Å²) in [4.78, 5) is 29.9. The van der Waals surface area contributed by atoms with Crippen LogP contribution in [0.25, 0.3) is 0 Å². The van der Waals surface area contributed by atoms with Gasteiger partial charge in [0, 0.05) is 11.1 Å². The van der Waals surface area contributed by atoms with Gasteiger partial charge in [-0.2, -0.15) is 0 Å². The lowest BCUT2D eigenvalue weighted by atomic mass is 10.1. The molecule has 0 saturated heterocycles. The van der Waals surface area contributed by atoms with Crippen molar-refractivity contribution in [3.8, 4) is 0 Å². The molecule has 0 saturated carbocycles. The lowest BCUT2D eigenvalue weighted by molar-refractivity contribution is -0.113. The van der Waals surface area contributed by atoms with E-state index in [2.05, 4.69) is 10.3 Å². The van der Waals surface area contributed by atoms with Gasteiger partial charge in [-0.15, -0.1) is 11.3 Å². The van der Waals surface area contributed by atoms with Gasteiger partial charge in [-0.1, -0.05) is 17.8 Å². The molecule has 0 fully saturated rings. The van der Waals surface area contributed by atoms with Crippen molar-refractivity contribution in [1.29, 1.82) is 0 Å². The Balaban J connectivity index is 1.70. The van der Waals surface area contributed by atoms with Crippen LogP contribution in [0.2, 0.25) is 0 Å². The first kappa shape index (κ1) is 17.0. The van der Waals surface area contributed by atoms with Gasteiger partial charge < -0.3 is 10.1 Å². The van der Waals surface area contributed by atoms with Crippen molar-refractivity contribution in [3.05, 3.63) is 40.4 Å². The van der Waals surface area contributed by atoms with Crippen LogP contribution in [0.15, 0.2) is 29.4 Å². The number of hydrogen-bond acceptors (Lipinski definition) is 6. The summed E-state index contributed by atoms with van der Waals surface area (Å²) >= 11 is 2.86. The molecule has 0 aliphatic heterocycles. The molecular weight excluding hydrogens is 344 g/mol. The number of amides is 1. The van der Waals surface area contributed by atoms with E-state index in [4.69, 9.17) is 4.74 Å². The number of thioether (sulfide) groups is 1. The molecule has 7 heteroatoms. The number of hydrogen-bond donors (Lipinski definition) is 1. The van der Waals surface area contributed by atoms with Crippen LogP contribution in [-0.4, -0.2) is 29.2 Å². The highest BCUT2D eigenvalue weighted by Gasteiger charge is 2.28. The van der Waals surface area contributed by atoms with Crippen molar-refractivity contribution < 1.29 is 14.3 Å². The Morgan fingerprint density at radius 1 is 1.38 bits per heavy atom. The molecule has 126 valence electrons. The van der Waals surface area contributed by atoms with E-state index in [0.29, 0.717) is 17.2 Å². The van der Waals surface area contributed by atoms with E-state index in [-0.39, 0.29) is 17.6 Å². The first-order valence-corrected chi connectivity index (χ1v) is 9.64. The summed E-state index contributed by atoms with van der Waals surface area (Å²) in [6.07, 6.45) is 4.59. The number of carbonyl (C=O) groups is 2. The number of fused-ring (bicyclic) bond motifs is 1. The van der Waals surface area contributed by atoms with Crippen LogP contribution in [0.5, 0.6) is 0 Å². The predicted molar refractivity (Wildman–Crippen MR) is 95.9 cm³/mol. The maximum Gasteiger partial charge on any atom is 0.341 e. The molecule has 0 unspecified atom stereocenters. The second kappa shape index (κ2) is 7.81. The normalized spacial score (nSPS) is 12.7. The molecule has 2 aromatic heterocycles. The summed E-state index contributed by atoms with van der Waals surface area (Å²) in [6, 6.07) is 5.58. The number of ether oxygens (including phenoxy) is 1. The smallest absolute Gasteiger partial charge is 0.341 e. The Labute approximate surface area is 148 Å². The topological polar surface area (TPSA) is 68.3 Å². The minimum atomic E-state index is -0.343. The van der Waals surface area contributed by atoms with Crippen LogP contribution in [0.3, 0.4) is 0 Å². The lowest BCUT2D eigenvalue weighted by Gasteiger charge is -2.07. The third kappa shape index (κ3) is 3.79. The molecule has 0 bridgehead atoms. The monoisotopic (exact) mass is 362 g/mol. The first-order valence-electron chi connectivity index (χ1n) is 7.84. The van der Waals surface area contributed by atoms with E-state index in [9.17, 15) is 9.59 Å². The molecule has 5 nitrogen and oxygen atoms in total. The van der Waals surface area contributed by atoms with Crippen LogP contribution >= 0.6 is 23.1 Å². The predicted octanol–water partition coefficient (Wildman–Crippen LogP) is 3.54. The van der Waals surface area contributed by atoms with E-state index in [1.165, 1.54) is 28.0 Å². The molecule has 0 aromatic carbocycles. The van der Waals surface area contributed by atoms with Gasteiger partial charge in [0.2, 0.25) is 5.91 Å². The van der Waals surface area contributed by atoms with Gasteiger partial charge in [0.15, 0.2) is 0 Å². The number of anilines is 1. The average molecular weight is 362 g/mol. The summed E-state index contributed by atoms with van der Waals surface area (Å²) in [5.41, 5.74) is 1.59. The molecule has 24 heavy (non-hydrogen) atoms. The van der Waals surface area contributed by atoms with Gasteiger partial charge in [-0.05, 0) is 43.9 Å². The quantitative estimate of drug-likeness (QED) is 0.629. The maximum absolute atomic E-state index is 12.3. The Morgan fingerprint density at radius 2 is 2.25 bits per heavy atom. The van der Waals surface area contributed by atoms with Crippen LogP contribution in [0.4, 0.5) is 5.00 Å². The minimum absolute atomic E-state index is 0.142. The minimum Gasteiger partial charge on any atom is -0.462 e. The number of esters is 1. The van der Waals surface area contributed by atoms with Crippen molar-refractivity contribution in [2.24, 2.45) is 0 Å². The Morgan fingerprint density at radius 3 is 3.00 bits per heavy atom. The number of carbonyl (C=O) groups excluding carboxylic acids is 2. The zero-order valence-corrected chi connectivity index (χ0v) is 15.0. The molecule has 1 aliphatic carbocycles. The van der Waals surface area contributed by atoms with E-state index in [1.807, 2.05) is 18.2 Å². The van der Waals surface area contributed by atoms with Crippen LogP contribution < -0.4 is 5.32 Å². The number of thiophene rings is 1. The molecular formula is C17H18N2O3S2. The molecule has 0 atom stereocenters. The van der Waals surface area contributed by atoms with Crippen molar-refractivity contribution in [2.45, 2.75) is 31.2 Å². The molecule has 3 rings (SSSR count). The van der Waals surface area contributed by atoms with Gasteiger partial charge in [-0.25, -0.2) is 9.78 Å². The summed E-state index contributed by atoms with van der Waals surface area (Å²) < 4.78 is 5.16. The maximum atomic E-state index is 12.3. The molecule has 2 heterocycles. The summed E-state index contributed by atoms with van der Waals surface area (Å²) in [7, 11) is 0. The largest absolute Gasteiger partial charge is 0.462 e. The summed E-state index contributed by atoms with van der Waals surface area (Å²) in [6.45, 7) is 2.11. The number of aromatic nitrogens is 1. The SMILES string of the molecule is CCOC(=O)c1c(NC(=O)CSc2ccccn2)sc2c1CCC2. The summed E-state index contributed by atoms with van der Waals surface area (Å²) in [5.74, 6) is -0.234. The third-order valence-corrected chi connectivity index (χ3v) is 5.79. The number of aryl methyl sites for hydroxylation is 1. The van der Waals surface area contributed by atoms with Crippen molar-refractivity contribution in [1.82, 2.24) is 4.98 Å². The van der Waals surface area contributed by atoms with Gasteiger partial charge in [0.05, 0.1) is 22.9 Å². The third-order valence-electron chi connectivity index (χ3n) is 3.64. The fourth-order valence-corrected chi connectivity index (χ4v) is 4.60. The molecule has 1 amide bonds. The molecule has 1 aliphatic rings. The Bertz CT molecular complexity index is 744. The second-order valence-corrected chi connectivity index (χ2v) is 7.39. The highest BCUT2D eigenvalue weighted by atomic mass is 32.2. The standard InChI is InChI=1S/C17H18N2O3S2/c1-2-22-17(21)15-11-6-5-7-12(11)24-16(15)19-13(20)10-23-14-8-3-4-9-18-14/h3-4,8-9H,2,5-7,10H2,1H3,(H,19,20). The Kier molecular flexibility index (Phi) is 5.52. The fourth-order valence-electron chi connectivity index (χ4n) is 2.65. The van der Waals surface area contributed by atoms with Crippen molar-refractivity contribution in [3.63, 3.8) is 0 Å². The number of nitrogens with one attached hydrogen (secondary N) is 1. The van der Waals surface area contributed by atoms with Crippen LogP contribution in [-0.2, 0) is 22.4 Å². The zero-order chi connectivity index (χ0) is 16.9. The lowest BCUT2D eigenvalue weighted by Crippen LogP contribution is -2.16. The van der Waals surface area contributed by atoms with E-state index < -0.39 is 0 Å². The Hall–Kier alpha value is -1.86. The average Bonchev–Trinajstić information content (AvgIpc) is 3.14. The highest BCUT2D eigenvalue weighted by Crippen LogP contribution is 2.39. The first-order chi connectivity index (χ1) is 11.7. The molecule has 1 N–H and O–H groups in total. The van der Waals surface area contributed by atoms with Crippen molar-refractivity contribution >= 4 is 40.0 Å². The van der Waals surface area contributed by atoms with E-state index in [1.54, 1.807) is 13.1 Å².